The van der Waals surface area contributed by atoms with Gasteiger partial charge in [0.25, 0.3) is 5.91 Å². The van der Waals surface area contributed by atoms with Crippen LogP contribution in [0.5, 0.6) is 28.7 Å². The summed E-state index contributed by atoms with van der Waals surface area (Å²) in [6.45, 7) is 60.6. The predicted molar refractivity (Wildman–Crippen MR) is 563 cm³/mol. The summed E-state index contributed by atoms with van der Waals surface area (Å²) in [4.78, 5) is 89.5. The monoisotopic (exact) mass is 2060 g/mol. The van der Waals surface area contributed by atoms with Crippen molar-refractivity contribution in [2.75, 3.05) is 94.3 Å². The fourth-order valence-electron chi connectivity index (χ4n) is 17.8. The number of ketones is 2. The molecule has 828 valence electrons. The van der Waals surface area contributed by atoms with Crippen LogP contribution >= 0.6 is 0 Å². The molecule has 9 fully saturated rings. The minimum atomic E-state index is -1.10. The summed E-state index contributed by atoms with van der Waals surface area (Å²) in [7, 11) is 6.63. The van der Waals surface area contributed by atoms with E-state index in [0.29, 0.717) is 117 Å². The van der Waals surface area contributed by atoms with Gasteiger partial charge in [0.2, 0.25) is 11.8 Å². The first-order chi connectivity index (χ1) is 68.8. The number of rotatable bonds is 27. The number of Topliss-reactive ketones (excluding diaryl/α,β-unsaturated/α-hetero) is 2. The zero-order valence-corrected chi connectivity index (χ0v) is 93.4. The fraction of sp³-hybridized carbons (Fsp3) is 0.723. The highest BCUT2D eigenvalue weighted by Gasteiger charge is 2.52. The van der Waals surface area contributed by atoms with Crippen LogP contribution in [0.2, 0.25) is 0 Å². The highest BCUT2D eigenvalue weighted by atomic mass is 16.6. The number of piperidine rings is 1. The van der Waals surface area contributed by atoms with Gasteiger partial charge in [0.1, 0.15) is 90.7 Å². The molecule has 5 aromatic rings. The van der Waals surface area contributed by atoms with Crippen molar-refractivity contribution >= 4 is 35.3 Å². The summed E-state index contributed by atoms with van der Waals surface area (Å²) >= 11 is 0. The quantitative estimate of drug-likeness (QED) is 0.0134. The number of hydrogen-bond acceptors (Lipinski definition) is 30. The van der Waals surface area contributed by atoms with Gasteiger partial charge in [0.15, 0.2) is 11.6 Å². The molecule has 0 bridgehead atoms. The second-order valence-electron chi connectivity index (χ2n) is 42.6. The molecule has 34 nitrogen and oxygen atoms in total. The van der Waals surface area contributed by atoms with Crippen molar-refractivity contribution < 1.29 is 122 Å². The zero-order valence-electron chi connectivity index (χ0n) is 93.4. The van der Waals surface area contributed by atoms with Crippen LogP contribution in [0.15, 0.2) is 91.5 Å². The Hall–Kier alpha value is -8.59. The van der Waals surface area contributed by atoms with Gasteiger partial charge in [-0.3, -0.25) is 43.8 Å². The van der Waals surface area contributed by atoms with Gasteiger partial charge in [-0.2, -0.15) is 10.2 Å². The average Bonchev–Trinajstić information content (AvgIpc) is 1.61. The number of fused-ring (bicyclic) bond motifs is 3. The molecule has 0 aliphatic carbocycles. The number of imide groups is 1. The summed E-state index contributed by atoms with van der Waals surface area (Å²) in [6.07, 6.45) is 2.44. The van der Waals surface area contributed by atoms with Gasteiger partial charge in [-0.1, -0.05) is 179 Å². The van der Waals surface area contributed by atoms with Gasteiger partial charge in [-0.05, 0) is 183 Å². The van der Waals surface area contributed by atoms with E-state index in [0.717, 1.165) is 110 Å². The van der Waals surface area contributed by atoms with Gasteiger partial charge in [0.05, 0.1) is 126 Å². The molecule has 146 heavy (non-hydrogen) atoms. The molecule has 34 heteroatoms. The first kappa shape index (κ1) is 130. The second-order valence-corrected chi connectivity index (χ2v) is 42.6. The fourth-order valence-corrected chi connectivity index (χ4v) is 17.8. The lowest BCUT2D eigenvalue weighted by Crippen LogP contribution is -2.57. The number of aliphatic hydroxyl groups excluding tert-OH is 9. The summed E-state index contributed by atoms with van der Waals surface area (Å²) in [5.74, 6) is 10.4. The van der Waals surface area contributed by atoms with Gasteiger partial charge in [-0.25, -0.2) is 4.79 Å². The minimum Gasteiger partial charge on any atom is -0.496 e. The lowest BCUT2D eigenvalue weighted by Gasteiger charge is -2.42. The van der Waals surface area contributed by atoms with Gasteiger partial charge in [0, 0.05) is 94.6 Å². The Morgan fingerprint density at radius 3 is 1.29 bits per heavy atom. The maximum Gasteiger partial charge on any atom is 0.327 e. The molecule has 21 atom stereocenters. The number of urea groups is 1. The molecule has 4 aromatic heterocycles. The molecule has 9 N–H and O–H groups in total. The Morgan fingerprint density at radius 1 is 0.411 bits per heavy atom. The normalized spacial score (nSPS) is 26.4. The Bertz CT molecular complexity index is 4380. The Kier molecular flexibility index (Phi) is 58.2. The van der Waals surface area contributed by atoms with Gasteiger partial charge >= 0.3 is 6.03 Å². The van der Waals surface area contributed by atoms with Crippen LogP contribution in [0.4, 0.5) is 4.79 Å². The minimum absolute atomic E-state index is 0.0231. The summed E-state index contributed by atoms with van der Waals surface area (Å²) in [5, 5.41) is 93.0. The number of benzene rings is 1. The van der Waals surface area contributed by atoms with Crippen LogP contribution in [-0.2, 0) is 47.7 Å². The molecule has 9 saturated heterocycles. The average molecular weight is 2060 g/mol. The van der Waals surface area contributed by atoms with Crippen molar-refractivity contribution in [2.45, 2.75) is 371 Å². The van der Waals surface area contributed by atoms with Crippen molar-refractivity contribution in [3.63, 3.8) is 0 Å². The van der Waals surface area contributed by atoms with Crippen LogP contribution in [0.25, 0.3) is 0 Å². The van der Waals surface area contributed by atoms with E-state index in [1.807, 2.05) is 121 Å². The van der Waals surface area contributed by atoms with E-state index in [1.165, 1.54) is 4.90 Å². The van der Waals surface area contributed by atoms with E-state index in [2.05, 4.69) is 143 Å². The number of pyridine rings is 3. The molecular weight excluding hydrogens is 1870 g/mol. The molecule has 1 unspecified atom stereocenters. The van der Waals surface area contributed by atoms with Gasteiger partial charge in [-0.15, -0.1) is 0 Å². The molecular formula is C112H185N9O25. The number of nitrogens with zero attached hydrogens (tertiary/aromatic N) is 9. The lowest BCUT2D eigenvalue weighted by atomic mass is 9.84. The van der Waals surface area contributed by atoms with Crippen LogP contribution in [0.1, 0.15) is 296 Å². The highest BCUT2D eigenvalue weighted by molar-refractivity contribution is 6.08. The lowest BCUT2D eigenvalue weighted by molar-refractivity contribution is -0.226. The Balaban J connectivity index is 0.000000336. The van der Waals surface area contributed by atoms with E-state index in [9.17, 15) is 69.6 Å². The van der Waals surface area contributed by atoms with E-state index in [4.69, 9.17) is 52.5 Å². The largest absolute Gasteiger partial charge is 0.496 e. The number of amides is 5. The predicted octanol–water partition coefficient (Wildman–Crippen LogP) is 14.4. The third-order valence-corrected chi connectivity index (χ3v) is 27.5. The second kappa shape index (κ2) is 65.5. The first-order valence-electron chi connectivity index (χ1n) is 52.9. The maximum atomic E-state index is 12.0. The van der Waals surface area contributed by atoms with Crippen LogP contribution < -0.4 is 23.7 Å². The molecule has 13 heterocycles. The maximum absolute atomic E-state index is 12.0. The Morgan fingerprint density at radius 2 is 0.884 bits per heavy atom. The summed E-state index contributed by atoms with van der Waals surface area (Å²) < 4.78 is 53.1. The number of aliphatic hydroxyl groups is 9. The number of ether oxygens (including phenoxy) is 10. The van der Waals surface area contributed by atoms with E-state index in [1.54, 1.807) is 82.5 Å². The number of carbonyl (C=O) groups is 6. The molecule has 0 radical (unpaired) electrons. The van der Waals surface area contributed by atoms with E-state index >= 15 is 0 Å². The van der Waals surface area contributed by atoms with Crippen molar-refractivity contribution in [1.82, 2.24) is 44.7 Å². The number of methoxy groups -OCH3 is 4. The number of aromatic nitrogens is 5. The smallest absolute Gasteiger partial charge is 0.327 e. The van der Waals surface area contributed by atoms with Crippen molar-refractivity contribution in [3.05, 3.63) is 120 Å². The molecule has 14 rings (SSSR count). The van der Waals surface area contributed by atoms with Gasteiger partial charge < -0.3 is 108 Å². The molecule has 9 aliphatic rings. The zero-order chi connectivity index (χ0) is 110. The van der Waals surface area contributed by atoms with E-state index < -0.39 is 79.4 Å². The third-order valence-electron chi connectivity index (χ3n) is 27.5. The van der Waals surface area contributed by atoms with E-state index in [-0.39, 0.29) is 96.2 Å². The first-order valence-corrected chi connectivity index (χ1v) is 52.9. The van der Waals surface area contributed by atoms with Crippen LogP contribution in [-0.4, -0.2) is 324 Å². The molecule has 1 aromatic carbocycles. The summed E-state index contributed by atoms with van der Waals surface area (Å²) in [6, 6.07) is 21.3. The highest BCUT2D eigenvalue weighted by Crippen LogP contribution is 2.39. The van der Waals surface area contributed by atoms with Crippen LogP contribution in [0, 0.1) is 59.2 Å². The summed E-state index contributed by atoms with van der Waals surface area (Å²) in [5.41, 5.74) is 5.44. The third kappa shape index (κ3) is 40.0. The SMILES string of the molecule is CC(C)[C@@H]1C[C@H]2C(=O)CC(=O)N2C1.CC(C)[C@@H]1C[C@H]2C(=O)CCC(=O)N2C1.CC(C)[C@@H]1O[C@H](CO)[C@@H](O)[C@H](C)[C@H]1O.CC(C)[C@H]1OC(C)[C@H](O)[C@@H](O)[C@@H]1O.CC(C)[C@H]1O[C@@H](C)[C@H](O)[C@@H](O)[C@@H]1O.CC(C)c1ccccn1.CC(C)c1cccnn1.CCCN1C(=O)[C@@H]2C[C@@H](C(C)C)CN2C1=O.CCCOc1ccc(C(C)C)nc1.COCCOc1ccc(OC)c(C(C)C)c1.COCCOc1cnc(C(C)C)c(OC)c1. The van der Waals surface area contributed by atoms with Crippen molar-refractivity contribution in [1.29, 1.82) is 0 Å². The van der Waals surface area contributed by atoms with Crippen molar-refractivity contribution in [3.8, 4) is 28.7 Å². The molecule has 9 aliphatic heterocycles. The molecule has 0 saturated carbocycles. The molecule has 0 spiro atoms. The Labute approximate surface area is 871 Å². The molecule has 5 amide bonds. The topological polar surface area (TPSA) is 454 Å². The van der Waals surface area contributed by atoms with Crippen molar-refractivity contribution in [2.24, 2.45) is 59.2 Å². The number of hydrogen-bond donors (Lipinski definition) is 9. The van der Waals surface area contributed by atoms with Crippen LogP contribution in [0.3, 0.4) is 0 Å². The standard InChI is InChI=1S/C13H20O3.C12H20N2O2.C12H19NO3.C11H17NO2.C11H17NO.C10H15NO2.C10H20O4.2C9H18O4.C8H11N.C7H10N2/c1-10(2)12-9-11(16-8-7-14-3)5-6-13(12)15-4;1-4-5-13-11(15)10-6-9(8(2)3)7-14(10)12(13)16;1-9(2)12-11(15-4)7-10(8-13-12)16-6-5-14-3;1-7(2)8-5-9-10(13)3-4-11(14)12(9)6-8;1-4-7-13-10-5-6-11(9(2)3)12-8-10;1-6(2)7-3-8-9(12)4-10(13)11(8)5-7;1-5(2)10-9(13)6(3)8(12)7(4-11)14-10;2*1-4(2)9-8(12)7(11)6(10)5(3)13-9;1-7(2)8-5-3-4-6-9-8;1-6(2)7-4-3-5-8-9-7/h5-6,9-10H,7-8H2,1-4H3;8-10H,4-7H2,1-3H3;7-9H,5-6H2,1-4H3;7-9H,3-6H2,1-2H3;5-6,8-9H,4,7H2,1-3H3;6-8H,3-5H2,1-2H3;5-13H,4H2,1-3H3;2*4-12H,1-3H3;3-7H,1-2H3;3-6H,1-2H3/t;9-,10+;;8-,9+;;7-,8+;6-,7+,8-,9+,10-;5?,6-,7+,8-,9+;5-,6-,7+,8-,9+;;/m.1.1.1000../s1. The number of carbonyl (C=O) groups excluding carboxylic acids is 6.